The second-order valence-corrected chi connectivity index (χ2v) is 8.82. The SMILES string of the molecule is Cc1ccccc1N1C(=O)C(Cl)=C(Nc2ccc(C(=O)Nc3nc(C)c(C)s3)cc2)C1=O. The van der Waals surface area contributed by atoms with Crippen molar-refractivity contribution in [1.29, 1.82) is 0 Å². The van der Waals surface area contributed by atoms with Gasteiger partial charge in [-0.05, 0) is 56.7 Å². The lowest BCUT2D eigenvalue weighted by Gasteiger charge is -2.17. The normalized spacial score (nSPS) is 13.7. The number of aromatic nitrogens is 1. The van der Waals surface area contributed by atoms with Gasteiger partial charge in [0, 0.05) is 16.1 Å². The highest BCUT2D eigenvalue weighted by molar-refractivity contribution is 7.15. The first kappa shape index (κ1) is 21.7. The Morgan fingerprint density at radius 3 is 2.31 bits per heavy atom. The summed E-state index contributed by atoms with van der Waals surface area (Å²) in [6.07, 6.45) is 0. The van der Waals surface area contributed by atoms with Gasteiger partial charge in [-0.1, -0.05) is 29.8 Å². The van der Waals surface area contributed by atoms with Crippen LogP contribution in [-0.4, -0.2) is 22.7 Å². The highest BCUT2D eigenvalue weighted by Crippen LogP contribution is 2.32. The maximum atomic E-state index is 12.9. The van der Waals surface area contributed by atoms with Crippen LogP contribution < -0.4 is 15.5 Å². The van der Waals surface area contributed by atoms with Gasteiger partial charge in [-0.15, -0.1) is 11.3 Å². The largest absolute Gasteiger partial charge is 0.350 e. The molecule has 9 heteroatoms. The Balaban J connectivity index is 1.49. The molecule has 7 nitrogen and oxygen atoms in total. The highest BCUT2D eigenvalue weighted by atomic mass is 35.5. The number of carbonyl (C=O) groups is 3. The molecule has 0 spiro atoms. The number of hydrogen-bond donors (Lipinski definition) is 2. The van der Waals surface area contributed by atoms with Crippen molar-refractivity contribution >= 4 is 57.2 Å². The van der Waals surface area contributed by atoms with Crippen LogP contribution in [0.15, 0.2) is 59.3 Å². The van der Waals surface area contributed by atoms with Crippen molar-refractivity contribution in [3.05, 3.63) is 81.0 Å². The molecular weight excluding hydrogens is 448 g/mol. The zero-order chi connectivity index (χ0) is 23.0. The van der Waals surface area contributed by atoms with Gasteiger partial charge in [-0.25, -0.2) is 9.88 Å². The number of aryl methyl sites for hydroxylation is 3. The van der Waals surface area contributed by atoms with Crippen LogP contribution in [0.5, 0.6) is 0 Å². The average Bonchev–Trinajstić information content (AvgIpc) is 3.19. The molecule has 2 aromatic carbocycles. The van der Waals surface area contributed by atoms with Crippen LogP contribution in [0.4, 0.5) is 16.5 Å². The lowest BCUT2D eigenvalue weighted by molar-refractivity contribution is -0.120. The summed E-state index contributed by atoms with van der Waals surface area (Å²) in [5, 5.41) is 6.04. The van der Waals surface area contributed by atoms with Crippen molar-refractivity contribution in [1.82, 2.24) is 4.98 Å². The summed E-state index contributed by atoms with van der Waals surface area (Å²) in [6.45, 7) is 5.64. The van der Waals surface area contributed by atoms with Crippen molar-refractivity contribution in [2.24, 2.45) is 0 Å². The maximum Gasteiger partial charge on any atom is 0.283 e. The number of para-hydroxylation sites is 1. The summed E-state index contributed by atoms with van der Waals surface area (Å²) >= 11 is 7.60. The van der Waals surface area contributed by atoms with E-state index in [0.29, 0.717) is 22.1 Å². The lowest BCUT2D eigenvalue weighted by Crippen LogP contribution is -2.32. The second kappa shape index (κ2) is 8.57. The fourth-order valence-corrected chi connectivity index (χ4v) is 4.21. The Labute approximate surface area is 193 Å². The average molecular weight is 467 g/mol. The van der Waals surface area contributed by atoms with Gasteiger partial charge in [0.25, 0.3) is 17.7 Å². The van der Waals surface area contributed by atoms with Crippen LogP contribution in [0.1, 0.15) is 26.5 Å². The van der Waals surface area contributed by atoms with Crippen LogP contribution in [0.25, 0.3) is 0 Å². The monoisotopic (exact) mass is 466 g/mol. The number of benzene rings is 2. The van der Waals surface area contributed by atoms with E-state index in [-0.39, 0.29) is 16.6 Å². The number of thiazole rings is 1. The molecule has 1 aliphatic heterocycles. The van der Waals surface area contributed by atoms with Gasteiger partial charge in [0.1, 0.15) is 10.7 Å². The first-order chi connectivity index (χ1) is 15.3. The molecule has 3 amide bonds. The van der Waals surface area contributed by atoms with Gasteiger partial charge in [-0.3, -0.25) is 19.7 Å². The van der Waals surface area contributed by atoms with Gasteiger partial charge in [-0.2, -0.15) is 0 Å². The molecule has 0 bridgehead atoms. The summed E-state index contributed by atoms with van der Waals surface area (Å²) in [5.74, 6) is -1.41. The van der Waals surface area contributed by atoms with E-state index in [4.69, 9.17) is 11.6 Å². The van der Waals surface area contributed by atoms with Crippen molar-refractivity contribution < 1.29 is 14.4 Å². The van der Waals surface area contributed by atoms with E-state index >= 15 is 0 Å². The Bertz CT molecular complexity index is 1260. The first-order valence-corrected chi connectivity index (χ1v) is 10.9. The number of imide groups is 1. The number of carbonyl (C=O) groups excluding carboxylic acids is 3. The van der Waals surface area contributed by atoms with Crippen molar-refractivity contribution in [2.75, 3.05) is 15.5 Å². The maximum absolute atomic E-state index is 12.9. The molecule has 0 atom stereocenters. The minimum absolute atomic E-state index is 0.00847. The zero-order valence-electron chi connectivity index (χ0n) is 17.5. The van der Waals surface area contributed by atoms with Gasteiger partial charge in [0.2, 0.25) is 0 Å². The first-order valence-electron chi connectivity index (χ1n) is 9.73. The van der Waals surface area contributed by atoms with Crippen LogP contribution in [0.3, 0.4) is 0 Å². The Hall–Kier alpha value is -3.49. The molecule has 0 fully saturated rings. The number of nitrogens with one attached hydrogen (secondary N) is 2. The second-order valence-electron chi connectivity index (χ2n) is 7.24. The van der Waals surface area contributed by atoms with E-state index in [0.717, 1.165) is 21.0 Å². The van der Waals surface area contributed by atoms with Crippen molar-refractivity contribution in [3.8, 4) is 0 Å². The molecule has 0 radical (unpaired) electrons. The van der Waals surface area contributed by atoms with Crippen LogP contribution in [0.2, 0.25) is 0 Å². The molecule has 2 N–H and O–H groups in total. The number of rotatable bonds is 5. The molecule has 1 aromatic heterocycles. The zero-order valence-corrected chi connectivity index (χ0v) is 19.1. The summed E-state index contributed by atoms with van der Waals surface area (Å²) in [5.41, 5.74) is 3.08. The molecule has 2 heterocycles. The Morgan fingerprint density at radius 1 is 1.00 bits per heavy atom. The predicted octanol–water partition coefficient (Wildman–Crippen LogP) is 4.76. The van der Waals surface area contributed by atoms with Gasteiger partial charge >= 0.3 is 0 Å². The fraction of sp³-hybridized carbons (Fsp3) is 0.130. The lowest BCUT2D eigenvalue weighted by atomic mass is 10.2. The number of halogens is 1. The Kier molecular flexibility index (Phi) is 5.82. The van der Waals surface area contributed by atoms with Crippen molar-refractivity contribution in [3.63, 3.8) is 0 Å². The quantitative estimate of drug-likeness (QED) is 0.529. The smallest absolute Gasteiger partial charge is 0.283 e. The van der Waals surface area contributed by atoms with Gasteiger partial charge < -0.3 is 5.32 Å². The molecule has 3 aromatic rings. The number of nitrogens with zero attached hydrogens (tertiary/aromatic N) is 2. The van der Waals surface area contributed by atoms with Crippen LogP contribution in [-0.2, 0) is 9.59 Å². The third-order valence-corrected chi connectivity index (χ3v) is 6.39. The molecule has 0 aliphatic carbocycles. The summed E-state index contributed by atoms with van der Waals surface area (Å²) in [4.78, 5) is 44.4. The minimum atomic E-state index is -0.585. The third-order valence-electron chi connectivity index (χ3n) is 5.05. The summed E-state index contributed by atoms with van der Waals surface area (Å²) in [6, 6.07) is 13.6. The molecule has 1 aliphatic rings. The summed E-state index contributed by atoms with van der Waals surface area (Å²) in [7, 11) is 0. The van der Waals surface area contributed by atoms with Crippen LogP contribution in [0, 0.1) is 20.8 Å². The van der Waals surface area contributed by atoms with E-state index in [2.05, 4.69) is 15.6 Å². The number of anilines is 3. The van der Waals surface area contributed by atoms with E-state index in [1.54, 1.807) is 36.4 Å². The molecule has 0 saturated carbocycles. The predicted molar refractivity (Wildman–Crippen MR) is 126 cm³/mol. The van der Waals surface area contributed by atoms with Gasteiger partial charge in [0.05, 0.1) is 11.4 Å². The Morgan fingerprint density at radius 2 is 1.69 bits per heavy atom. The number of hydrogen-bond acceptors (Lipinski definition) is 6. The number of amides is 3. The standard InChI is InChI=1S/C23H19ClN4O3S/c1-12-6-4-5-7-17(12)28-21(30)18(24)19(22(28)31)26-16-10-8-15(9-11-16)20(29)27-23-25-13(2)14(3)32-23/h4-11,26H,1-3H3,(H,25,27,29). The van der Waals surface area contributed by atoms with Crippen LogP contribution >= 0.6 is 22.9 Å². The molecule has 0 unspecified atom stereocenters. The molecule has 32 heavy (non-hydrogen) atoms. The topological polar surface area (TPSA) is 91.4 Å². The molecule has 162 valence electrons. The molecule has 4 rings (SSSR count). The highest BCUT2D eigenvalue weighted by Gasteiger charge is 2.39. The molecule has 0 saturated heterocycles. The fourth-order valence-electron chi connectivity index (χ4n) is 3.19. The van der Waals surface area contributed by atoms with E-state index in [1.165, 1.54) is 11.3 Å². The van der Waals surface area contributed by atoms with Gasteiger partial charge in [0.15, 0.2) is 5.13 Å². The summed E-state index contributed by atoms with van der Waals surface area (Å²) < 4.78 is 0. The van der Waals surface area contributed by atoms with E-state index in [9.17, 15) is 14.4 Å². The van der Waals surface area contributed by atoms with E-state index in [1.807, 2.05) is 32.9 Å². The van der Waals surface area contributed by atoms with E-state index < -0.39 is 11.8 Å². The molecular formula is C23H19ClN4O3S. The minimum Gasteiger partial charge on any atom is -0.350 e. The van der Waals surface area contributed by atoms with Crippen molar-refractivity contribution in [2.45, 2.75) is 20.8 Å². The third kappa shape index (κ3) is 4.02.